The molecule has 2 aromatic rings. The largest absolute Gasteiger partial charge is 0.416 e. The van der Waals surface area contributed by atoms with Crippen molar-refractivity contribution in [3.63, 3.8) is 0 Å². The smallest absolute Gasteiger partial charge is 0.357 e. The van der Waals surface area contributed by atoms with E-state index in [0.29, 0.717) is 12.2 Å². The number of benzene rings is 1. The summed E-state index contributed by atoms with van der Waals surface area (Å²) < 4.78 is 40.4. The highest BCUT2D eigenvalue weighted by molar-refractivity contribution is 7.80. The highest BCUT2D eigenvalue weighted by Crippen LogP contribution is 2.33. The van der Waals surface area contributed by atoms with Crippen LogP contribution in [-0.2, 0) is 6.18 Å². The van der Waals surface area contributed by atoms with Gasteiger partial charge in [0.25, 0.3) is 0 Å². The summed E-state index contributed by atoms with van der Waals surface area (Å²) in [6.07, 6.45) is -1.22. The van der Waals surface area contributed by atoms with Crippen LogP contribution in [0.25, 0.3) is 5.69 Å². The Hall–Kier alpha value is -2.13. The number of quaternary nitrogens is 1. The summed E-state index contributed by atoms with van der Waals surface area (Å²) in [7, 11) is 4.00. The van der Waals surface area contributed by atoms with Crippen molar-refractivity contribution in [3.8, 4) is 5.69 Å². The first-order valence-corrected chi connectivity index (χ1v) is 7.73. The maximum atomic E-state index is 13.0. The van der Waals surface area contributed by atoms with Crippen LogP contribution in [0.15, 0.2) is 36.7 Å². The zero-order chi connectivity index (χ0) is 17.7. The molecule has 130 valence electrons. The van der Waals surface area contributed by atoms with Crippen LogP contribution in [0, 0.1) is 0 Å². The molecule has 0 aliphatic rings. The van der Waals surface area contributed by atoms with Gasteiger partial charge in [0.1, 0.15) is 0 Å². The van der Waals surface area contributed by atoms with Gasteiger partial charge in [0.15, 0.2) is 5.11 Å². The third-order valence-electron chi connectivity index (χ3n) is 3.23. The van der Waals surface area contributed by atoms with Crippen molar-refractivity contribution in [1.29, 1.82) is 0 Å². The van der Waals surface area contributed by atoms with E-state index in [0.717, 1.165) is 18.7 Å². The minimum Gasteiger partial charge on any atom is -0.357 e. The standard InChI is InChI=1S/C15H18F3N5S/c1-22(2)9-7-19-14(24)21-12-10-11(15(16,17)18)4-5-13(12)23-8-3-6-20-23/h3-6,8,10H,7,9H2,1-2H3,(H2,19,21,24)/p+1. The molecule has 0 bridgehead atoms. The van der Waals surface area contributed by atoms with Gasteiger partial charge in [-0.25, -0.2) is 4.68 Å². The van der Waals surface area contributed by atoms with Crippen molar-refractivity contribution < 1.29 is 18.1 Å². The predicted molar refractivity (Wildman–Crippen MR) is 90.5 cm³/mol. The number of thiocarbonyl (C=S) groups is 1. The zero-order valence-corrected chi connectivity index (χ0v) is 14.1. The van der Waals surface area contributed by atoms with E-state index in [1.165, 1.54) is 15.6 Å². The molecule has 2 rings (SSSR count). The number of nitrogens with zero attached hydrogens (tertiary/aromatic N) is 2. The first-order valence-electron chi connectivity index (χ1n) is 7.32. The number of aromatic nitrogens is 2. The maximum absolute atomic E-state index is 13.0. The number of alkyl halides is 3. The summed E-state index contributed by atoms with van der Waals surface area (Å²) in [5.41, 5.74) is -0.0277. The Labute approximate surface area is 143 Å². The lowest BCUT2D eigenvalue weighted by Gasteiger charge is -2.17. The van der Waals surface area contributed by atoms with Crippen LogP contribution in [0.1, 0.15) is 5.56 Å². The third-order valence-corrected chi connectivity index (χ3v) is 3.48. The average Bonchev–Trinajstić information content (AvgIpc) is 2.99. The topological polar surface area (TPSA) is 46.3 Å². The highest BCUT2D eigenvalue weighted by atomic mass is 32.1. The average molecular weight is 358 g/mol. The van der Waals surface area contributed by atoms with E-state index in [2.05, 4.69) is 15.7 Å². The summed E-state index contributed by atoms with van der Waals surface area (Å²) >= 11 is 5.17. The molecule has 0 saturated carbocycles. The molecule has 9 heteroatoms. The molecule has 24 heavy (non-hydrogen) atoms. The van der Waals surface area contributed by atoms with Crippen molar-refractivity contribution in [1.82, 2.24) is 15.1 Å². The van der Waals surface area contributed by atoms with Gasteiger partial charge in [-0.05, 0) is 36.5 Å². The summed E-state index contributed by atoms with van der Waals surface area (Å²) in [6, 6.07) is 5.11. The van der Waals surface area contributed by atoms with Gasteiger partial charge < -0.3 is 15.5 Å². The van der Waals surface area contributed by atoms with Crippen LogP contribution in [0.3, 0.4) is 0 Å². The third kappa shape index (κ3) is 4.93. The van der Waals surface area contributed by atoms with E-state index in [-0.39, 0.29) is 10.8 Å². The second-order valence-corrected chi connectivity index (χ2v) is 5.93. The zero-order valence-electron chi connectivity index (χ0n) is 13.3. The van der Waals surface area contributed by atoms with Crippen LogP contribution < -0.4 is 15.5 Å². The fourth-order valence-corrected chi connectivity index (χ4v) is 2.23. The normalized spacial score (nSPS) is 11.6. The Bertz CT molecular complexity index is 683. The maximum Gasteiger partial charge on any atom is 0.416 e. The summed E-state index contributed by atoms with van der Waals surface area (Å²) in [5.74, 6) is 0. The molecule has 0 atom stereocenters. The molecule has 0 spiro atoms. The number of hydrogen-bond donors (Lipinski definition) is 3. The number of nitrogens with one attached hydrogen (secondary N) is 3. The predicted octanol–water partition coefficient (Wildman–Crippen LogP) is 1.32. The van der Waals surface area contributed by atoms with Gasteiger partial charge in [0, 0.05) is 12.4 Å². The molecule has 0 aliphatic carbocycles. The fourth-order valence-electron chi connectivity index (χ4n) is 2.02. The van der Waals surface area contributed by atoms with Gasteiger partial charge in [-0.2, -0.15) is 18.3 Å². The number of rotatable bonds is 5. The number of anilines is 1. The van der Waals surface area contributed by atoms with Crippen molar-refractivity contribution in [2.24, 2.45) is 0 Å². The van der Waals surface area contributed by atoms with Gasteiger partial charge >= 0.3 is 6.18 Å². The van der Waals surface area contributed by atoms with Crippen LogP contribution in [0.5, 0.6) is 0 Å². The van der Waals surface area contributed by atoms with E-state index in [1.54, 1.807) is 18.5 Å². The first kappa shape index (κ1) is 18.2. The van der Waals surface area contributed by atoms with Crippen molar-refractivity contribution in [3.05, 3.63) is 42.2 Å². The Balaban J connectivity index is 2.23. The minimum absolute atomic E-state index is 0.239. The van der Waals surface area contributed by atoms with Crippen molar-refractivity contribution in [2.45, 2.75) is 6.18 Å². The molecular formula is C15H19F3N5S+. The molecule has 1 aromatic carbocycles. The number of likely N-dealkylation sites (N-methyl/N-ethyl adjacent to an activating group) is 1. The number of hydrogen-bond acceptors (Lipinski definition) is 2. The molecule has 1 heterocycles. The van der Waals surface area contributed by atoms with E-state index >= 15 is 0 Å². The summed E-state index contributed by atoms with van der Waals surface area (Å²) in [5, 5.41) is 10.1. The van der Waals surface area contributed by atoms with Gasteiger partial charge in [0.2, 0.25) is 0 Å². The van der Waals surface area contributed by atoms with Crippen molar-refractivity contribution >= 4 is 23.0 Å². The molecule has 0 unspecified atom stereocenters. The van der Waals surface area contributed by atoms with Crippen LogP contribution in [0.4, 0.5) is 18.9 Å². The van der Waals surface area contributed by atoms with E-state index < -0.39 is 11.7 Å². The molecule has 1 aromatic heterocycles. The Morgan fingerprint density at radius 1 is 1.33 bits per heavy atom. The fraction of sp³-hybridized carbons (Fsp3) is 0.333. The van der Waals surface area contributed by atoms with E-state index in [1.807, 2.05) is 14.1 Å². The Kier molecular flexibility index (Phi) is 5.79. The highest BCUT2D eigenvalue weighted by Gasteiger charge is 2.31. The molecule has 0 saturated heterocycles. The minimum atomic E-state index is -4.43. The van der Waals surface area contributed by atoms with Gasteiger partial charge in [0.05, 0.1) is 44.1 Å². The lowest BCUT2D eigenvalue weighted by Crippen LogP contribution is -3.06. The molecule has 0 fully saturated rings. The summed E-state index contributed by atoms with van der Waals surface area (Å²) in [6.45, 7) is 1.45. The summed E-state index contributed by atoms with van der Waals surface area (Å²) in [4.78, 5) is 1.24. The Morgan fingerprint density at radius 3 is 2.67 bits per heavy atom. The molecular weight excluding hydrogens is 339 g/mol. The molecule has 0 radical (unpaired) electrons. The lowest BCUT2D eigenvalue weighted by atomic mass is 10.1. The van der Waals surface area contributed by atoms with Gasteiger partial charge in [-0.3, -0.25) is 0 Å². The van der Waals surface area contributed by atoms with E-state index in [9.17, 15) is 13.2 Å². The second kappa shape index (κ2) is 7.63. The van der Waals surface area contributed by atoms with Gasteiger partial charge in [-0.15, -0.1) is 0 Å². The molecule has 3 N–H and O–H groups in total. The van der Waals surface area contributed by atoms with Crippen LogP contribution >= 0.6 is 12.2 Å². The van der Waals surface area contributed by atoms with E-state index in [4.69, 9.17) is 12.2 Å². The first-order chi connectivity index (χ1) is 11.3. The Morgan fingerprint density at radius 2 is 2.08 bits per heavy atom. The second-order valence-electron chi connectivity index (χ2n) is 5.52. The van der Waals surface area contributed by atoms with Crippen molar-refractivity contribution in [2.75, 3.05) is 32.5 Å². The van der Waals surface area contributed by atoms with Crippen LogP contribution in [0.2, 0.25) is 0 Å². The van der Waals surface area contributed by atoms with Crippen LogP contribution in [-0.4, -0.2) is 42.1 Å². The monoisotopic (exact) mass is 358 g/mol. The number of halogens is 3. The van der Waals surface area contributed by atoms with Gasteiger partial charge in [-0.1, -0.05) is 0 Å². The molecule has 5 nitrogen and oxygen atoms in total. The quantitative estimate of drug-likeness (QED) is 0.706. The SMILES string of the molecule is C[NH+](C)CCNC(=S)Nc1cc(C(F)(F)F)ccc1-n1cccn1. The molecule has 0 amide bonds. The molecule has 0 aliphatic heterocycles. The lowest BCUT2D eigenvalue weighted by molar-refractivity contribution is -0.856.